The van der Waals surface area contributed by atoms with Gasteiger partial charge in [-0.1, -0.05) is 27.7 Å². The number of carbonyl (C=O) groups is 3. The minimum atomic E-state index is -0.772. The fraction of sp³-hybridized carbons (Fsp3) is 0.680. The summed E-state index contributed by atoms with van der Waals surface area (Å²) in [6.45, 7) is 11.5. The van der Waals surface area contributed by atoms with Crippen molar-refractivity contribution in [3.8, 4) is 0 Å². The van der Waals surface area contributed by atoms with E-state index in [1.165, 1.54) is 11.3 Å². The molecule has 8 heteroatoms. The molecule has 2 heterocycles. The van der Waals surface area contributed by atoms with Crippen LogP contribution in [-0.2, 0) is 19.1 Å². The number of nitrogens with one attached hydrogen (secondary N) is 1. The number of carbonyl (C=O) groups excluding carboxylic acids is 3. The van der Waals surface area contributed by atoms with Crippen molar-refractivity contribution in [1.82, 2.24) is 10.3 Å². The van der Waals surface area contributed by atoms with Crippen LogP contribution in [0, 0.1) is 24.2 Å². The number of aromatic nitrogens is 1. The zero-order valence-electron chi connectivity index (χ0n) is 20.6. The van der Waals surface area contributed by atoms with Crippen molar-refractivity contribution in [2.24, 2.45) is 17.3 Å². The molecule has 1 saturated heterocycles. The van der Waals surface area contributed by atoms with E-state index >= 15 is 0 Å². The second-order valence-electron chi connectivity index (χ2n) is 9.86. The number of aryl methyl sites for hydroxylation is 1. The normalized spacial score (nSPS) is 28.8. The molecule has 1 fully saturated rings. The van der Waals surface area contributed by atoms with E-state index in [1.54, 1.807) is 20.8 Å². The van der Waals surface area contributed by atoms with Crippen LogP contribution in [0.4, 0.5) is 0 Å². The topological polar surface area (TPSA) is 106 Å². The predicted octanol–water partition coefficient (Wildman–Crippen LogP) is 4.08. The Morgan fingerprint density at radius 3 is 2.64 bits per heavy atom. The van der Waals surface area contributed by atoms with E-state index in [4.69, 9.17) is 4.74 Å². The van der Waals surface area contributed by atoms with Crippen molar-refractivity contribution in [3.63, 3.8) is 0 Å². The summed E-state index contributed by atoms with van der Waals surface area (Å²) in [5.41, 5.74) is 0.740. The molecule has 1 aromatic heterocycles. The standard InChI is InChI=1S/C25H38N2O5S/c1-15-8-7-11-26-21(28)13-20(16(2)12-19-14-33-18(4)27-19)32-22(29)9-10-25(5,6)24(31)17(3)23(15)30/h12,14-15,17,20,23,30H,7-11,13H2,1-6H3,(H,26,28)/b16-12+/t15-,17+,20-,23-/m0/s1. The number of ether oxygens (including phenoxy) is 1. The molecule has 0 aliphatic carbocycles. The summed E-state index contributed by atoms with van der Waals surface area (Å²) >= 11 is 1.53. The Bertz CT molecular complexity index is 876. The van der Waals surface area contributed by atoms with Gasteiger partial charge in [-0.2, -0.15) is 0 Å². The van der Waals surface area contributed by atoms with Gasteiger partial charge >= 0.3 is 5.97 Å². The number of Topliss-reactive ketones (excluding diaryl/α,β-unsaturated/α-hetero) is 1. The molecule has 33 heavy (non-hydrogen) atoms. The van der Waals surface area contributed by atoms with E-state index in [2.05, 4.69) is 10.3 Å². The Balaban J connectivity index is 2.23. The highest BCUT2D eigenvalue weighted by atomic mass is 32.1. The van der Waals surface area contributed by atoms with Gasteiger partial charge in [0.05, 0.1) is 23.2 Å². The van der Waals surface area contributed by atoms with Crippen molar-refractivity contribution < 1.29 is 24.2 Å². The predicted molar refractivity (Wildman–Crippen MR) is 130 cm³/mol. The van der Waals surface area contributed by atoms with Gasteiger partial charge in [0, 0.05) is 29.7 Å². The zero-order valence-corrected chi connectivity index (χ0v) is 21.5. The van der Waals surface area contributed by atoms with E-state index in [9.17, 15) is 19.5 Å². The molecule has 2 rings (SSSR count). The lowest BCUT2D eigenvalue weighted by molar-refractivity contribution is -0.149. The molecule has 4 atom stereocenters. The molecule has 0 unspecified atom stereocenters. The van der Waals surface area contributed by atoms with Gasteiger partial charge in [-0.25, -0.2) is 4.98 Å². The van der Waals surface area contributed by atoms with E-state index < -0.39 is 29.5 Å². The van der Waals surface area contributed by atoms with Gasteiger partial charge in [-0.05, 0) is 50.7 Å². The molecule has 0 aromatic carbocycles. The van der Waals surface area contributed by atoms with Gasteiger partial charge in [0.15, 0.2) is 0 Å². The van der Waals surface area contributed by atoms with Crippen molar-refractivity contribution in [3.05, 3.63) is 21.7 Å². The summed E-state index contributed by atoms with van der Waals surface area (Å²) in [6.07, 6.45) is 2.14. The highest BCUT2D eigenvalue weighted by molar-refractivity contribution is 7.09. The number of aliphatic hydroxyl groups excluding tert-OH is 1. The third-order valence-electron chi connectivity index (χ3n) is 6.45. The molecule has 1 amide bonds. The third-order valence-corrected chi connectivity index (χ3v) is 7.24. The average molecular weight is 479 g/mol. The van der Waals surface area contributed by atoms with Crippen molar-refractivity contribution in [1.29, 1.82) is 0 Å². The molecule has 0 bridgehead atoms. The number of nitrogens with zero attached hydrogens (tertiary/aromatic N) is 1. The van der Waals surface area contributed by atoms with Crippen molar-refractivity contribution in [2.45, 2.75) is 85.9 Å². The van der Waals surface area contributed by atoms with E-state index in [0.717, 1.165) is 16.3 Å². The van der Waals surface area contributed by atoms with Crippen molar-refractivity contribution >= 4 is 35.1 Å². The summed E-state index contributed by atoms with van der Waals surface area (Å²) < 4.78 is 5.70. The lowest BCUT2D eigenvalue weighted by Crippen LogP contribution is -2.39. The van der Waals surface area contributed by atoms with Gasteiger partial charge in [-0.15, -0.1) is 11.3 Å². The largest absolute Gasteiger partial charge is 0.457 e. The van der Waals surface area contributed by atoms with Crippen LogP contribution in [0.5, 0.6) is 0 Å². The quantitative estimate of drug-likeness (QED) is 0.621. The number of esters is 1. The third kappa shape index (κ3) is 8.03. The summed E-state index contributed by atoms with van der Waals surface area (Å²) in [4.78, 5) is 42.7. The molecule has 7 nitrogen and oxygen atoms in total. The number of ketones is 1. The van der Waals surface area contributed by atoms with E-state index in [0.29, 0.717) is 25.8 Å². The maximum Gasteiger partial charge on any atom is 0.306 e. The van der Waals surface area contributed by atoms with Crippen LogP contribution in [0.25, 0.3) is 6.08 Å². The molecule has 184 valence electrons. The molecular formula is C25H38N2O5S. The molecule has 1 aromatic rings. The number of aliphatic hydroxyl groups is 1. The first kappa shape index (κ1) is 27.2. The highest BCUT2D eigenvalue weighted by Crippen LogP contribution is 2.31. The Labute approximate surface area is 201 Å². The first-order valence-electron chi connectivity index (χ1n) is 11.7. The Kier molecular flexibility index (Phi) is 9.79. The molecule has 0 saturated carbocycles. The molecule has 0 spiro atoms. The van der Waals surface area contributed by atoms with Crippen LogP contribution < -0.4 is 5.32 Å². The number of hydrogen-bond donors (Lipinski definition) is 2. The summed E-state index contributed by atoms with van der Waals surface area (Å²) in [7, 11) is 0. The lowest BCUT2D eigenvalue weighted by atomic mass is 9.74. The SMILES string of the molecule is C/C(=C\c1csc(C)n1)[C@@H]1CC(=O)NCCC[C@H](C)[C@H](O)[C@@H](C)C(=O)C(C)(C)CCC(=O)O1. The van der Waals surface area contributed by atoms with Gasteiger partial charge in [0.1, 0.15) is 11.9 Å². The highest BCUT2D eigenvalue weighted by Gasteiger charge is 2.37. The summed E-state index contributed by atoms with van der Waals surface area (Å²) in [5, 5.41) is 16.4. The maximum absolute atomic E-state index is 13.1. The molecule has 1 aliphatic rings. The summed E-state index contributed by atoms with van der Waals surface area (Å²) in [5.74, 6) is -1.31. The fourth-order valence-corrected chi connectivity index (χ4v) is 4.72. The minimum absolute atomic E-state index is 0.0225. The number of cyclic esters (lactones) is 1. The van der Waals surface area contributed by atoms with Crippen LogP contribution in [-0.4, -0.2) is 46.5 Å². The van der Waals surface area contributed by atoms with Gasteiger partial charge in [0.25, 0.3) is 0 Å². The zero-order chi connectivity index (χ0) is 24.8. The van der Waals surface area contributed by atoms with Gasteiger partial charge in [0.2, 0.25) is 5.91 Å². The second-order valence-corrected chi connectivity index (χ2v) is 10.9. The monoisotopic (exact) mass is 478 g/mol. The van der Waals surface area contributed by atoms with Gasteiger partial charge < -0.3 is 15.2 Å². The molecule has 2 N–H and O–H groups in total. The first-order valence-corrected chi connectivity index (χ1v) is 12.6. The Morgan fingerprint density at radius 1 is 1.30 bits per heavy atom. The van der Waals surface area contributed by atoms with E-state index in [-0.39, 0.29) is 30.4 Å². The van der Waals surface area contributed by atoms with Crippen LogP contribution in [0.1, 0.15) is 77.4 Å². The lowest BCUT2D eigenvalue weighted by Gasteiger charge is -2.31. The molecular weight excluding hydrogens is 440 g/mol. The second kappa shape index (κ2) is 11.9. The van der Waals surface area contributed by atoms with Crippen LogP contribution in [0.2, 0.25) is 0 Å². The fourth-order valence-electron chi connectivity index (χ4n) is 4.15. The smallest absolute Gasteiger partial charge is 0.306 e. The Morgan fingerprint density at radius 2 is 2.00 bits per heavy atom. The van der Waals surface area contributed by atoms with Crippen LogP contribution >= 0.6 is 11.3 Å². The van der Waals surface area contributed by atoms with Crippen LogP contribution in [0.3, 0.4) is 0 Å². The minimum Gasteiger partial charge on any atom is -0.457 e. The first-order chi connectivity index (χ1) is 15.4. The van der Waals surface area contributed by atoms with Crippen molar-refractivity contribution in [2.75, 3.05) is 6.54 Å². The van der Waals surface area contributed by atoms with Crippen LogP contribution in [0.15, 0.2) is 11.0 Å². The number of rotatable bonds is 2. The number of thiazole rings is 1. The average Bonchev–Trinajstić information content (AvgIpc) is 3.16. The number of amides is 1. The van der Waals surface area contributed by atoms with Gasteiger partial charge in [-0.3, -0.25) is 14.4 Å². The summed E-state index contributed by atoms with van der Waals surface area (Å²) in [6, 6.07) is 0. The Hall–Kier alpha value is -2.06. The van der Waals surface area contributed by atoms with E-state index in [1.807, 2.05) is 32.2 Å². The molecule has 1 aliphatic heterocycles. The maximum atomic E-state index is 13.1. The molecule has 0 radical (unpaired) electrons. The number of hydrogen-bond acceptors (Lipinski definition) is 7.